The van der Waals surface area contributed by atoms with Crippen LogP contribution in [0.15, 0.2) is 12.1 Å². The molecule has 1 aliphatic heterocycles. The Hall–Kier alpha value is -2.01. The van der Waals surface area contributed by atoms with Crippen molar-refractivity contribution in [2.24, 2.45) is 5.73 Å². The zero-order valence-electron chi connectivity index (χ0n) is 14.2. The molecule has 0 aliphatic carbocycles. The van der Waals surface area contributed by atoms with E-state index in [-0.39, 0.29) is 12.3 Å². The van der Waals surface area contributed by atoms with Gasteiger partial charge in [0, 0.05) is 35.9 Å². The molecule has 2 heterocycles. The largest absolute Gasteiger partial charge is 0.369 e. The summed E-state index contributed by atoms with van der Waals surface area (Å²) in [6.07, 6.45) is 2.69. The van der Waals surface area contributed by atoms with Crippen LogP contribution in [0.1, 0.15) is 29.7 Å². The third kappa shape index (κ3) is 2.93. The number of hydrogen-bond acceptors (Lipinski definition) is 3. The maximum atomic E-state index is 11.4. The molecule has 23 heavy (non-hydrogen) atoms. The summed E-state index contributed by atoms with van der Waals surface area (Å²) in [5.74, 6) is -0.294. The minimum Gasteiger partial charge on any atom is -0.369 e. The number of likely N-dealkylation sites (N-methyl/N-ethyl adjacent to an activating group) is 1. The lowest BCUT2D eigenvalue weighted by atomic mass is 10.00. The summed E-state index contributed by atoms with van der Waals surface area (Å²) in [6.45, 7) is 6.32. The smallest absolute Gasteiger partial charge is 0.221 e. The molecule has 1 unspecified atom stereocenters. The first kappa shape index (κ1) is 15.9. The number of aryl methyl sites for hydroxylation is 2. The van der Waals surface area contributed by atoms with Crippen LogP contribution in [0.4, 0.5) is 5.69 Å². The number of nitrogens with zero attached hydrogens (tertiary/aromatic N) is 1. The van der Waals surface area contributed by atoms with Gasteiger partial charge in [0.15, 0.2) is 0 Å². The fourth-order valence-electron chi connectivity index (χ4n) is 3.66. The first-order valence-electron chi connectivity index (χ1n) is 8.32. The lowest BCUT2D eigenvalue weighted by molar-refractivity contribution is -0.117. The predicted octanol–water partition coefficient (Wildman–Crippen LogP) is 2.00. The van der Waals surface area contributed by atoms with E-state index in [1.165, 1.54) is 29.5 Å². The third-order valence-corrected chi connectivity index (χ3v) is 5.05. The third-order valence-electron chi connectivity index (χ3n) is 5.05. The number of rotatable bonds is 4. The Bertz CT molecular complexity index is 734. The van der Waals surface area contributed by atoms with Gasteiger partial charge in [-0.3, -0.25) is 4.79 Å². The van der Waals surface area contributed by atoms with E-state index in [1.807, 2.05) is 13.1 Å². The molecule has 0 saturated carbocycles. The highest BCUT2D eigenvalue weighted by atomic mass is 16.1. The number of carbonyl (C=O) groups is 1. The summed E-state index contributed by atoms with van der Waals surface area (Å²) in [7, 11) is 2.03. The van der Waals surface area contributed by atoms with Gasteiger partial charge in [-0.05, 0) is 50.9 Å². The van der Waals surface area contributed by atoms with Crippen molar-refractivity contribution in [2.75, 3.05) is 25.0 Å². The summed E-state index contributed by atoms with van der Waals surface area (Å²) in [5.41, 5.74) is 11.1. The monoisotopic (exact) mass is 314 g/mol. The fraction of sp³-hybridized carbons (Fsp3) is 0.500. The van der Waals surface area contributed by atoms with E-state index in [0.717, 1.165) is 29.9 Å². The quantitative estimate of drug-likeness (QED) is 0.808. The minimum absolute atomic E-state index is 0.273. The van der Waals surface area contributed by atoms with Crippen LogP contribution in [0.2, 0.25) is 0 Å². The van der Waals surface area contributed by atoms with Crippen LogP contribution >= 0.6 is 0 Å². The van der Waals surface area contributed by atoms with Crippen LogP contribution < -0.4 is 16.0 Å². The van der Waals surface area contributed by atoms with E-state index in [0.29, 0.717) is 6.04 Å². The average molecular weight is 314 g/mol. The van der Waals surface area contributed by atoms with Crippen LogP contribution in [0.25, 0.3) is 10.9 Å². The first-order chi connectivity index (χ1) is 11.0. The number of H-pyrrole nitrogens is 1. The Morgan fingerprint density at radius 2 is 2.22 bits per heavy atom. The van der Waals surface area contributed by atoms with Gasteiger partial charge < -0.3 is 20.9 Å². The second-order valence-electron chi connectivity index (χ2n) is 6.59. The van der Waals surface area contributed by atoms with Gasteiger partial charge in [-0.1, -0.05) is 6.07 Å². The Balaban J connectivity index is 2.09. The van der Waals surface area contributed by atoms with Crippen LogP contribution in [0, 0.1) is 13.8 Å². The van der Waals surface area contributed by atoms with E-state index >= 15 is 0 Å². The summed E-state index contributed by atoms with van der Waals surface area (Å²) in [4.78, 5) is 17.3. The number of amides is 1. The second kappa shape index (κ2) is 6.24. The van der Waals surface area contributed by atoms with Crippen molar-refractivity contribution in [3.63, 3.8) is 0 Å². The molecule has 1 fully saturated rings. The van der Waals surface area contributed by atoms with Crippen LogP contribution in [-0.2, 0) is 11.2 Å². The van der Waals surface area contributed by atoms with Gasteiger partial charge in [0.05, 0.1) is 11.9 Å². The molecule has 124 valence electrons. The van der Waals surface area contributed by atoms with Crippen molar-refractivity contribution in [1.29, 1.82) is 0 Å². The maximum Gasteiger partial charge on any atom is 0.221 e. The summed E-state index contributed by atoms with van der Waals surface area (Å²) in [6, 6.07) is 4.73. The zero-order valence-corrected chi connectivity index (χ0v) is 14.2. The summed E-state index contributed by atoms with van der Waals surface area (Å²) >= 11 is 0. The Kier molecular flexibility index (Phi) is 4.31. The number of carbonyl (C=O) groups excluding carboxylic acids is 1. The molecule has 5 heteroatoms. The van der Waals surface area contributed by atoms with E-state index in [1.54, 1.807) is 0 Å². The number of benzene rings is 1. The second-order valence-corrected chi connectivity index (χ2v) is 6.59. The molecule has 1 atom stereocenters. The van der Waals surface area contributed by atoms with Crippen molar-refractivity contribution in [2.45, 2.75) is 39.2 Å². The van der Waals surface area contributed by atoms with Crippen molar-refractivity contribution in [3.05, 3.63) is 29.0 Å². The highest BCUT2D eigenvalue weighted by molar-refractivity contribution is 5.99. The van der Waals surface area contributed by atoms with Crippen molar-refractivity contribution >= 4 is 22.5 Å². The molecule has 4 N–H and O–H groups in total. The number of aromatic amines is 1. The van der Waals surface area contributed by atoms with Crippen molar-refractivity contribution < 1.29 is 4.79 Å². The number of nitrogens with two attached hydrogens (primary N) is 1. The molecule has 3 rings (SSSR count). The SMILES string of the molecule is CNC1CCCN(c2ccc(CC(N)=O)c3[nH]c(C)c(C)c23)C1. The molecular formula is C18H26N4O. The van der Waals surface area contributed by atoms with Gasteiger partial charge >= 0.3 is 0 Å². The highest BCUT2D eigenvalue weighted by Crippen LogP contribution is 2.35. The molecule has 1 aromatic carbocycles. The molecule has 0 spiro atoms. The van der Waals surface area contributed by atoms with Crippen LogP contribution in [0.5, 0.6) is 0 Å². The molecule has 2 aromatic rings. The van der Waals surface area contributed by atoms with Crippen LogP contribution in [0.3, 0.4) is 0 Å². The number of primary amides is 1. The standard InChI is InChI=1S/C18H26N4O/c1-11-12(2)21-18-13(9-16(19)23)6-7-15(17(11)18)22-8-4-5-14(10-22)20-3/h6-7,14,20-21H,4-5,8-10H2,1-3H3,(H2,19,23). The highest BCUT2D eigenvalue weighted by Gasteiger charge is 2.22. The van der Waals surface area contributed by atoms with Gasteiger partial charge in [0.25, 0.3) is 0 Å². The van der Waals surface area contributed by atoms with Gasteiger partial charge in [-0.2, -0.15) is 0 Å². The molecule has 1 amide bonds. The molecule has 5 nitrogen and oxygen atoms in total. The van der Waals surface area contributed by atoms with E-state index < -0.39 is 0 Å². The lowest BCUT2D eigenvalue weighted by Crippen LogP contribution is -2.44. The van der Waals surface area contributed by atoms with Gasteiger partial charge in [-0.15, -0.1) is 0 Å². The van der Waals surface area contributed by atoms with Gasteiger partial charge in [-0.25, -0.2) is 0 Å². The Labute approximate surface area is 137 Å². The van der Waals surface area contributed by atoms with Crippen molar-refractivity contribution in [1.82, 2.24) is 10.3 Å². The molecule has 0 radical (unpaired) electrons. The first-order valence-corrected chi connectivity index (χ1v) is 8.32. The van der Waals surface area contributed by atoms with Gasteiger partial charge in [0.1, 0.15) is 0 Å². The number of fused-ring (bicyclic) bond motifs is 1. The lowest BCUT2D eigenvalue weighted by Gasteiger charge is -2.35. The normalized spacial score (nSPS) is 18.6. The van der Waals surface area contributed by atoms with E-state index in [4.69, 9.17) is 5.73 Å². The summed E-state index contributed by atoms with van der Waals surface area (Å²) in [5, 5.41) is 4.63. The van der Waals surface area contributed by atoms with Crippen LogP contribution in [-0.4, -0.2) is 37.1 Å². The molecule has 1 aromatic heterocycles. The average Bonchev–Trinajstić information content (AvgIpc) is 2.84. The fourth-order valence-corrected chi connectivity index (χ4v) is 3.66. The number of nitrogens with one attached hydrogen (secondary N) is 2. The molecule has 1 saturated heterocycles. The molecule has 1 aliphatic rings. The predicted molar refractivity (Wildman–Crippen MR) is 95.0 cm³/mol. The number of piperidine rings is 1. The minimum atomic E-state index is -0.294. The van der Waals surface area contributed by atoms with E-state index in [2.05, 4.69) is 35.1 Å². The Morgan fingerprint density at radius 3 is 2.91 bits per heavy atom. The van der Waals surface area contributed by atoms with Crippen molar-refractivity contribution in [3.8, 4) is 0 Å². The maximum absolute atomic E-state index is 11.4. The zero-order chi connectivity index (χ0) is 16.6. The van der Waals surface area contributed by atoms with Gasteiger partial charge in [0.2, 0.25) is 5.91 Å². The number of aromatic nitrogens is 1. The van der Waals surface area contributed by atoms with E-state index in [9.17, 15) is 4.79 Å². The number of anilines is 1. The Morgan fingerprint density at radius 1 is 1.43 bits per heavy atom. The summed E-state index contributed by atoms with van der Waals surface area (Å²) < 4.78 is 0. The molecular weight excluding hydrogens is 288 g/mol. The molecule has 0 bridgehead atoms. The topological polar surface area (TPSA) is 74.2 Å². The number of hydrogen-bond donors (Lipinski definition) is 3.